The van der Waals surface area contributed by atoms with Crippen LogP contribution in [-0.2, 0) is 100.0 Å². The van der Waals surface area contributed by atoms with E-state index in [-0.39, 0.29) is 132 Å². The molecule has 21 nitrogen and oxygen atoms in total. The number of thioether (sulfide) groups is 1. The van der Waals surface area contributed by atoms with Crippen molar-refractivity contribution < 1.29 is 100.0 Å². The molecule has 0 aliphatic rings. The lowest BCUT2D eigenvalue weighted by Crippen LogP contribution is -2.37. The molecule has 13 atom stereocenters. The molecule has 0 N–H and O–H groups in total. The molecular weight excluding hydrogens is 1760 g/mol. The zero-order valence-electron chi connectivity index (χ0n) is 95.2. The summed E-state index contributed by atoms with van der Waals surface area (Å²) in [5, 5.41) is 0. The largest absolute Gasteiger partial charge is 0.469 e. The fourth-order valence-electron chi connectivity index (χ4n) is 14.2. The van der Waals surface area contributed by atoms with Crippen LogP contribution in [0.15, 0.2) is 140 Å². The molecule has 0 amide bonds. The van der Waals surface area contributed by atoms with Gasteiger partial charge in [-0.25, -0.2) is 0 Å². The number of ether oxygens (including phenoxy) is 12. The predicted molar refractivity (Wildman–Crippen MR) is 580 cm³/mol. The lowest BCUT2D eigenvalue weighted by molar-refractivity contribution is -0.144. The summed E-state index contributed by atoms with van der Waals surface area (Å²) >= 11 is 1.80. The highest BCUT2D eigenvalue weighted by Gasteiger charge is 2.36. The van der Waals surface area contributed by atoms with Gasteiger partial charge >= 0.3 is 53.7 Å². The molecule has 0 unspecified atom stereocenters. The van der Waals surface area contributed by atoms with E-state index in [2.05, 4.69) is 267 Å². The molecule has 0 aliphatic carbocycles. The first-order chi connectivity index (χ1) is 63.2. The van der Waals surface area contributed by atoms with Crippen molar-refractivity contribution in [1.82, 2.24) is 0 Å². The first kappa shape index (κ1) is 148. The number of methoxy groups -OCH3 is 12. The minimum atomic E-state index is -0.407. The summed E-state index contributed by atoms with van der Waals surface area (Å²) in [5.41, 5.74) is 10.7. The molecule has 0 spiro atoms. The molecular formula is C116H208O21S. The van der Waals surface area contributed by atoms with Crippen LogP contribution in [0.5, 0.6) is 0 Å². The highest BCUT2D eigenvalue weighted by Crippen LogP contribution is 2.40. The van der Waals surface area contributed by atoms with Crippen LogP contribution in [-0.4, -0.2) is 169 Å². The van der Waals surface area contributed by atoms with Gasteiger partial charge in [0.05, 0.1) is 140 Å². The van der Waals surface area contributed by atoms with E-state index in [1.807, 2.05) is 58.0 Å². The van der Waals surface area contributed by atoms with E-state index in [1.165, 1.54) is 64.0 Å². The minimum absolute atomic E-state index is 0. The van der Waals surface area contributed by atoms with E-state index in [0.717, 1.165) is 80.7 Å². The molecule has 0 saturated carbocycles. The molecule has 138 heavy (non-hydrogen) atoms. The van der Waals surface area contributed by atoms with Crippen molar-refractivity contribution in [3.05, 3.63) is 145 Å². The fourth-order valence-corrected chi connectivity index (χ4v) is 14.8. The summed E-state index contributed by atoms with van der Waals surface area (Å²) < 4.78 is 58.3. The van der Waals surface area contributed by atoms with E-state index in [4.69, 9.17) is 42.6 Å². The Hall–Kier alpha value is -7.66. The van der Waals surface area contributed by atoms with Crippen molar-refractivity contribution in [2.24, 2.45) is 124 Å². The van der Waals surface area contributed by atoms with Crippen molar-refractivity contribution in [3.63, 3.8) is 0 Å². The highest BCUT2D eigenvalue weighted by molar-refractivity contribution is 7.98. The van der Waals surface area contributed by atoms with Gasteiger partial charge in [-0.2, -0.15) is 11.8 Å². The molecule has 0 saturated heterocycles. The van der Waals surface area contributed by atoms with Crippen molar-refractivity contribution in [1.29, 1.82) is 0 Å². The molecule has 0 fully saturated rings. The lowest BCUT2D eigenvalue weighted by Gasteiger charge is -2.35. The summed E-state index contributed by atoms with van der Waals surface area (Å²) in [6.45, 7) is 101. The summed E-state index contributed by atoms with van der Waals surface area (Å²) in [7, 11) is 17.7. The van der Waals surface area contributed by atoms with Gasteiger partial charge < -0.3 is 56.8 Å². The van der Waals surface area contributed by atoms with Crippen LogP contribution in [0.1, 0.15) is 311 Å². The van der Waals surface area contributed by atoms with Crippen LogP contribution in [0.2, 0.25) is 0 Å². The maximum absolute atomic E-state index is 11.5. The van der Waals surface area contributed by atoms with Crippen LogP contribution in [0.3, 0.4) is 0 Å². The van der Waals surface area contributed by atoms with Gasteiger partial charge in [0.1, 0.15) is 0 Å². The first-order valence-electron chi connectivity index (χ1n) is 49.1. The second kappa shape index (κ2) is 81.8. The second-order valence-electron chi connectivity index (χ2n) is 40.2. The number of hydrogen-bond acceptors (Lipinski definition) is 22. The normalized spacial score (nSPS) is 13.7. The number of rotatable bonds is 51. The summed E-state index contributed by atoms with van der Waals surface area (Å²) in [6, 6.07) is 9.99. The van der Waals surface area contributed by atoms with E-state index in [9.17, 15) is 43.2 Å². The molecule has 0 bridgehead atoms. The van der Waals surface area contributed by atoms with Gasteiger partial charge in [0.25, 0.3) is 0 Å². The Morgan fingerprint density at radius 1 is 0.304 bits per heavy atom. The first-order valence-corrected chi connectivity index (χ1v) is 50.5. The third kappa shape index (κ3) is 66.2. The van der Waals surface area contributed by atoms with Crippen molar-refractivity contribution >= 4 is 65.5 Å². The average Bonchev–Trinajstić information content (AvgIpc) is 0.837. The van der Waals surface area contributed by atoms with E-state index >= 15 is 0 Å². The fraction of sp³-hybridized carbons (Fsp3) is 0.716. The smallest absolute Gasteiger partial charge is 0.306 e. The van der Waals surface area contributed by atoms with Crippen LogP contribution in [0.25, 0.3) is 0 Å². The molecule has 1 aromatic carbocycles. The monoisotopic (exact) mass is 1970 g/mol. The van der Waals surface area contributed by atoms with Crippen molar-refractivity contribution in [2.75, 3.05) is 97.3 Å². The number of carbonyl (C=O) groups excluding carboxylic acids is 9. The van der Waals surface area contributed by atoms with Gasteiger partial charge in [0, 0.05) is 45.0 Å². The topological polar surface area (TPSA) is 264 Å². The average molecular weight is 1970 g/mol. The van der Waals surface area contributed by atoms with Gasteiger partial charge in [0.2, 0.25) is 0 Å². The maximum Gasteiger partial charge on any atom is 0.306 e. The van der Waals surface area contributed by atoms with Crippen molar-refractivity contribution in [2.45, 2.75) is 323 Å². The van der Waals surface area contributed by atoms with Crippen LogP contribution >= 0.6 is 11.8 Å². The zero-order valence-corrected chi connectivity index (χ0v) is 96.0. The number of esters is 9. The van der Waals surface area contributed by atoms with Crippen LogP contribution in [0, 0.1) is 124 Å². The zero-order chi connectivity index (χ0) is 109. The summed E-state index contributed by atoms with van der Waals surface area (Å²) in [6.07, 6.45) is 8.79. The predicted octanol–water partition coefficient (Wildman–Crippen LogP) is 28.2. The standard InChI is InChI=1S/C15H20O2.C13H24O3.3C13H24O2.2C12H22O3.C12H22O2S.C12H22O2.CH4/c1-11(2)12(3)14(10-15(16)17-4)13-8-6-5-7-9-13;1-9(2)10(3)11(8-12(14)15-6)13(4,5)16-7;1-9(2)10(3)11(13(4,5)6)8-12(14)15-7;2*1-7-10(4)12(8-13(14)15-6)11(5)9(2)3;2*1-8(2)9(3)11(10(4)14-5)7-12(13)15-6;1-9(2)10(3)11(6-7-15-5)8-12(13)14-4;1-8(2)10(5)11(9(3)4)7-12(13)14-6;/h5-9,11,14H,3,10H2,1-2,4H3;9,11H,3,8H2,1-2,4-7H3;9,11H,3,8H2,1-2,4-7H3;2*9-10,12H,5,7-8H2,1-4,6H3;2*8,10-11H,3,7H2,1-2,4-6H3;9,11H,3,6-8H2,1-2,4-5H3;8-9,11H,5,7H2,1-4,6H3;1H4/t14-;2*11-;10-,12+;10-,12-;2*10-,11+;2*11-;/m111100010./s1. The molecule has 1 rings (SSSR count). The minimum Gasteiger partial charge on any atom is -0.469 e. The van der Waals surface area contributed by atoms with Crippen LogP contribution in [0.4, 0.5) is 0 Å². The Labute approximate surface area is 849 Å². The Bertz CT molecular complexity index is 3450. The Morgan fingerprint density at radius 3 is 0.790 bits per heavy atom. The van der Waals surface area contributed by atoms with Gasteiger partial charge in [-0.05, 0) is 158 Å². The van der Waals surface area contributed by atoms with Gasteiger partial charge in [0.15, 0.2) is 0 Å². The number of allylic oxidation sites excluding steroid dienone is 6. The third-order valence-electron chi connectivity index (χ3n) is 26.1. The Balaban J connectivity index is -0.000000194. The molecule has 0 aliphatic heterocycles. The maximum atomic E-state index is 11.5. The van der Waals surface area contributed by atoms with Crippen LogP contribution < -0.4 is 0 Å². The Kier molecular flexibility index (Phi) is 87.8. The van der Waals surface area contributed by atoms with Gasteiger partial charge in [-0.15, -0.1) is 0 Å². The molecule has 22 heteroatoms. The second-order valence-corrected chi connectivity index (χ2v) is 41.2. The SMILES string of the molecule is C.C=C(C(C)C)[C@@H](CC(=O)OC)C(C)(C)C.C=C(C(C)C)[C@@H](CC(=O)OC)C(C)(C)OC.C=C(C(C)C)[C@@H](CC(=O)OC)C(C)C.C=C(C(C)C)[C@@H](CC(=O)OC)[C@@H](C)CC.C=C(C(C)C)[C@@H](CC(=O)OC)[C@H](C)CC.C=C(C(C)C)[C@@H](CC(=O)OC)[C@H](C)OC.C=C(C(C)C)[C@@H](CC(=O)OC)[C@H](C)OC.C=C(C(C)C)[C@@H](CC(=O)OC)c1ccccc1.C=C(C(C)C)[C@H](CCSC)CC(=O)OC. The van der Waals surface area contributed by atoms with Crippen molar-refractivity contribution in [3.8, 4) is 0 Å². The summed E-state index contributed by atoms with van der Waals surface area (Å²) in [4.78, 5) is 102. The Morgan fingerprint density at radius 2 is 0.543 bits per heavy atom. The third-order valence-corrected chi connectivity index (χ3v) is 26.7. The van der Waals surface area contributed by atoms with E-state index < -0.39 is 5.60 Å². The summed E-state index contributed by atoms with van der Waals surface area (Å²) in [5.74, 6) is 5.65. The molecule has 0 radical (unpaired) electrons. The molecule has 0 heterocycles. The quantitative estimate of drug-likeness (QED) is 0.0333. The van der Waals surface area contributed by atoms with E-state index in [1.54, 1.807) is 33.1 Å². The number of hydrogen-bond donors (Lipinski definition) is 0. The molecule has 804 valence electrons. The molecule has 0 aromatic heterocycles. The number of benzene rings is 1. The lowest BCUT2D eigenvalue weighted by atomic mass is 9.72. The highest BCUT2D eigenvalue weighted by atomic mass is 32.2. The number of carbonyl (C=O) groups is 9. The van der Waals surface area contributed by atoms with E-state index in [0.29, 0.717) is 129 Å². The van der Waals surface area contributed by atoms with Gasteiger partial charge in [-0.1, -0.05) is 347 Å². The molecule has 1 aromatic rings. The van der Waals surface area contributed by atoms with Gasteiger partial charge in [-0.3, -0.25) is 43.2 Å².